The molecule has 1 N–H and O–H groups in total. The summed E-state index contributed by atoms with van der Waals surface area (Å²) in [5.41, 5.74) is 0.798. The van der Waals surface area contributed by atoms with Crippen molar-refractivity contribution in [3.05, 3.63) is 35.6 Å². The van der Waals surface area contributed by atoms with Crippen molar-refractivity contribution < 1.29 is 13.9 Å². The van der Waals surface area contributed by atoms with Gasteiger partial charge in [-0.2, -0.15) is 0 Å². The molecule has 1 amide bonds. The predicted molar refractivity (Wildman–Crippen MR) is 79.5 cm³/mol. The van der Waals surface area contributed by atoms with Gasteiger partial charge in [0.2, 0.25) is 5.91 Å². The number of methoxy groups -OCH3 is 1. The fraction of sp³-hybridized carbons (Fsp3) is 0.500. The maximum absolute atomic E-state index is 13.1. The number of halogens is 2. The maximum Gasteiger partial charge on any atom is 0.236 e. The van der Waals surface area contributed by atoms with Gasteiger partial charge in [0, 0.05) is 26.7 Å². The third-order valence-corrected chi connectivity index (χ3v) is 2.76. The first kappa shape index (κ1) is 18.8. The Morgan fingerprint density at radius 2 is 2.20 bits per heavy atom. The number of benzene rings is 1. The Morgan fingerprint density at radius 3 is 2.80 bits per heavy atom. The van der Waals surface area contributed by atoms with Crippen LogP contribution in [0.15, 0.2) is 24.3 Å². The van der Waals surface area contributed by atoms with Gasteiger partial charge >= 0.3 is 0 Å². The van der Waals surface area contributed by atoms with Crippen LogP contribution >= 0.6 is 12.4 Å². The van der Waals surface area contributed by atoms with Crippen molar-refractivity contribution in [3.8, 4) is 0 Å². The largest absolute Gasteiger partial charge is 0.383 e. The number of carbonyl (C=O) groups excluding carboxylic acids is 1. The Bertz CT molecular complexity index is 405. The lowest BCUT2D eigenvalue weighted by molar-refractivity contribution is -0.130. The highest BCUT2D eigenvalue weighted by atomic mass is 35.5. The van der Waals surface area contributed by atoms with Gasteiger partial charge in [-0.15, -0.1) is 12.4 Å². The molecule has 0 saturated carbocycles. The minimum absolute atomic E-state index is 0. The van der Waals surface area contributed by atoms with Gasteiger partial charge in [0.25, 0.3) is 0 Å². The lowest BCUT2D eigenvalue weighted by Crippen LogP contribution is -2.38. The molecule has 0 atom stereocenters. The minimum Gasteiger partial charge on any atom is -0.383 e. The minimum atomic E-state index is -0.278. The van der Waals surface area contributed by atoms with Crippen LogP contribution in [0.3, 0.4) is 0 Å². The Hall–Kier alpha value is -1.17. The summed E-state index contributed by atoms with van der Waals surface area (Å²) in [5.74, 6) is -0.276. The third kappa shape index (κ3) is 6.84. The second-order valence-electron chi connectivity index (χ2n) is 4.21. The molecule has 6 heteroatoms. The van der Waals surface area contributed by atoms with Crippen molar-refractivity contribution in [1.29, 1.82) is 0 Å². The first-order valence-corrected chi connectivity index (χ1v) is 6.39. The zero-order valence-electron chi connectivity index (χ0n) is 11.9. The lowest BCUT2D eigenvalue weighted by atomic mass is 10.2. The van der Waals surface area contributed by atoms with Crippen LogP contribution in [0.2, 0.25) is 0 Å². The molecule has 0 bridgehead atoms. The van der Waals surface area contributed by atoms with E-state index in [4.69, 9.17) is 4.74 Å². The molecular weight excluding hydrogens is 283 g/mol. The normalized spacial score (nSPS) is 9.95. The van der Waals surface area contributed by atoms with Crippen LogP contribution in [0, 0.1) is 5.82 Å². The predicted octanol–water partition coefficient (Wildman–Crippen LogP) is 1.83. The van der Waals surface area contributed by atoms with E-state index >= 15 is 0 Å². The van der Waals surface area contributed by atoms with Gasteiger partial charge < -0.3 is 15.0 Å². The topological polar surface area (TPSA) is 41.6 Å². The zero-order valence-corrected chi connectivity index (χ0v) is 12.7. The Labute approximate surface area is 125 Å². The molecule has 0 aliphatic heterocycles. The van der Waals surface area contributed by atoms with Crippen LogP contribution in [0.5, 0.6) is 0 Å². The van der Waals surface area contributed by atoms with Crippen LogP contribution in [0.25, 0.3) is 0 Å². The molecule has 4 nitrogen and oxygen atoms in total. The van der Waals surface area contributed by atoms with Crippen LogP contribution < -0.4 is 5.32 Å². The summed E-state index contributed by atoms with van der Waals surface area (Å²) in [7, 11) is 1.62. The highest BCUT2D eigenvalue weighted by Gasteiger charge is 2.11. The summed E-state index contributed by atoms with van der Waals surface area (Å²) in [6, 6.07) is 6.32. The molecular formula is C14H22ClFN2O2. The molecule has 0 aliphatic rings. The molecule has 0 aliphatic carbocycles. The van der Waals surface area contributed by atoms with Gasteiger partial charge in [0.1, 0.15) is 5.82 Å². The van der Waals surface area contributed by atoms with Crippen LogP contribution in [-0.4, -0.2) is 44.2 Å². The van der Waals surface area contributed by atoms with Crippen molar-refractivity contribution in [3.63, 3.8) is 0 Å². The van der Waals surface area contributed by atoms with Gasteiger partial charge in [-0.25, -0.2) is 4.39 Å². The fourth-order valence-electron chi connectivity index (χ4n) is 1.71. The Balaban J connectivity index is 0.00000361. The third-order valence-electron chi connectivity index (χ3n) is 2.76. The summed E-state index contributed by atoms with van der Waals surface area (Å²) in [6.07, 6.45) is 0. The number of hydrogen-bond acceptors (Lipinski definition) is 3. The molecule has 0 heterocycles. The van der Waals surface area contributed by atoms with Gasteiger partial charge in [-0.3, -0.25) is 4.79 Å². The number of rotatable bonds is 8. The monoisotopic (exact) mass is 304 g/mol. The summed E-state index contributed by atoms with van der Waals surface area (Å²) in [6.45, 7) is 4.42. The lowest BCUT2D eigenvalue weighted by Gasteiger charge is -2.21. The first-order chi connectivity index (χ1) is 9.17. The molecule has 0 aromatic heterocycles. The van der Waals surface area contributed by atoms with E-state index in [9.17, 15) is 9.18 Å². The molecule has 1 rings (SSSR count). The number of nitrogens with zero attached hydrogens (tertiary/aromatic N) is 1. The second kappa shape index (κ2) is 10.6. The van der Waals surface area contributed by atoms with E-state index in [2.05, 4.69) is 5.32 Å². The molecule has 0 fully saturated rings. The van der Waals surface area contributed by atoms with E-state index in [1.165, 1.54) is 12.1 Å². The van der Waals surface area contributed by atoms with E-state index in [0.29, 0.717) is 26.2 Å². The van der Waals surface area contributed by atoms with Crippen molar-refractivity contribution in [1.82, 2.24) is 10.2 Å². The summed E-state index contributed by atoms with van der Waals surface area (Å²) >= 11 is 0. The summed E-state index contributed by atoms with van der Waals surface area (Å²) < 4.78 is 18.0. The van der Waals surface area contributed by atoms with Gasteiger partial charge in [0.05, 0.1) is 13.2 Å². The van der Waals surface area contributed by atoms with E-state index < -0.39 is 0 Å². The Morgan fingerprint density at radius 1 is 1.45 bits per heavy atom. The molecule has 114 valence electrons. The van der Waals surface area contributed by atoms with Crippen molar-refractivity contribution >= 4 is 18.3 Å². The van der Waals surface area contributed by atoms with Crippen LogP contribution in [-0.2, 0) is 16.1 Å². The molecule has 20 heavy (non-hydrogen) atoms. The number of ether oxygens (including phenoxy) is 1. The summed E-state index contributed by atoms with van der Waals surface area (Å²) in [4.78, 5) is 13.6. The quantitative estimate of drug-likeness (QED) is 0.745. The number of amides is 1. The smallest absolute Gasteiger partial charge is 0.236 e. The van der Waals surface area contributed by atoms with E-state index in [1.54, 1.807) is 18.1 Å². The highest BCUT2D eigenvalue weighted by Crippen LogP contribution is 2.07. The van der Waals surface area contributed by atoms with E-state index in [-0.39, 0.29) is 30.7 Å². The first-order valence-electron chi connectivity index (χ1n) is 6.39. The van der Waals surface area contributed by atoms with Crippen LogP contribution in [0.1, 0.15) is 12.5 Å². The Kier molecular flexibility index (Phi) is 9.98. The molecule has 0 unspecified atom stereocenters. The van der Waals surface area contributed by atoms with Crippen molar-refractivity contribution in [2.75, 3.05) is 33.4 Å². The SMILES string of the molecule is CCN(Cc1cccc(F)c1)C(=O)CNCCOC.Cl. The van der Waals surface area contributed by atoms with Crippen LogP contribution in [0.4, 0.5) is 4.39 Å². The molecule has 0 spiro atoms. The van der Waals surface area contributed by atoms with Gasteiger partial charge in [0.15, 0.2) is 0 Å². The number of carbonyl (C=O) groups is 1. The zero-order chi connectivity index (χ0) is 14.1. The van der Waals surface area contributed by atoms with Gasteiger partial charge in [-0.1, -0.05) is 12.1 Å². The van der Waals surface area contributed by atoms with E-state index in [0.717, 1.165) is 5.56 Å². The van der Waals surface area contributed by atoms with E-state index in [1.807, 2.05) is 13.0 Å². The molecule has 1 aromatic carbocycles. The average molecular weight is 305 g/mol. The number of nitrogens with one attached hydrogen (secondary N) is 1. The molecule has 1 aromatic rings. The second-order valence-corrected chi connectivity index (χ2v) is 4.21. The standard InChI is InChI=1S/C14H21FN2O2.ClH/c1-3-17(14(18)10-16-7-8-19-2)11-12-5-4-6-13(15)9-12;/h4-6,9,16H,3,7-8,10-11H2,1-2H3;1H. The van der Waals surface area contributed by atoms with Crippen molar-refractivity contribution in [2.45, 2.75) is 13.5 Å². The number of hydrogen-bond donors (Lipinski definition) is 1. The maximum atomic E-state index is 13.1. The fourth-order valence-corrected chi connectivity index (χ4v) is 1.71. The van der Waals surface area contributed by atoms with Gasteiger partial charge in [-0.05, 0) is 24.6 Å². The average Bonchev–Trinajstić information content (AvgIpc) is 2.41. The number of likely N-dealkylation sites (N-methyl/N-ethyl adjacent to an activating group) is 1. The highest BCUT2D eigenvalue weighted by molar-refractivity contribution is 5.85. The molecule has 0 saturated heterocycles. The molecule has 0 radical (unpaired) electrons. The summed E-state index contributed by atoms with van der Waals surface area (Å²) in [5, 5.41) is 3.01. The van der Waals surface area contributed by atoms with Crippen molar-refractivity contribution in [2.24, 2.45) is 0 Å².